The molecule has 0 spiro atoms. The molecule has 1 aromatic heterocycles. The fourth-order valence-corrected chi connectivity index (χ4v) is 2.21. The zero-order valence-corrected chi connectivity index (χ0v) is 11.2. The Morgan fingerprint density at radius 2 is 2.00 bits per heavy atom. The number of hydrogen-bond acceptors (Lipinski definition) is 2. The standard InChI is InChI=1S/C16H15N3O/c1-19-15-10-14(8-7-13(15)11-17-19)18-16(20)9-12-5-3-2-4-6-12/h2-8,10-11H,9H2,1H3,(H,18,20). The Morgan fingerprint density at radius 3 is 2.80 bits per heavy atom. The van der Waals surface area contributed by atoms with Crippen LogP contribution in [-0.4, -0.2) is 15.7 Å². The van der Waals surface area contributed by atoms with Crippen molar-refractivity contribution in [3.8, 4) is 0 Å². The van der Waals surface area contributed by atoms with Crippen molar-refractivity contribution in [3.05, 3.63) is 60.3 Å². The zero-order chi connectivity index (χ0) is 13.9. The summed E-state index contributed by atoms with van der Waals surface area (Å²) in [7, 11) is 1.89. The molecule has 3 rings (SSSR count). The summed E-state index contributed by atoms with van der Waals surface area (Å²) in [6, 6.07) is 15.5. The van der Waals surface area contributed by atoms with Gasteiger partial charge in [0.1, 0.15) is 0 Å². The van der Waals surface area contributed by atoms with Gasteiger partial charge in [0.25, 0.3) is 0 Å². The SMILES string of the molecule is Cn1ncc2ccc(NC(=O)Cc3ccccc3)cc21. The third kappa shape index (κ3) is 2.54. The maximum absolute atomic E-state index is 12.0. The molecule has 1 amide bonds. The molecule has 100 valence electrons. The van der Waals surface area contributed by atoms with Crippen LogP contribution in [0.5, 0.6) is 0 Å². The van der Waals surface area contributed by atoms with Crippen LogP contribution < -0.4 is 5.32 Å². The number of aromatic nitrogens is 2. The van der Waals surface area contributed by atoms with Crippen LogP contribution in [0, 0.1) is 0 Å². The van der Waals surface area contributed by atoms with Crippen molar-refractivity contribution in [1.29, 1.82) is 0 Å². The highest BCUT2D eigenvalue weighted by molar-refractivity contribution is 5.94. The predicted octanol–water partition coefficient (Wildman–Crippen LogP) is 2.75. The van der Waals surface area contributed by atoms with Gasteiger partial charge in [-0.1, -0.05) is 30.3 Å². The minimum atomic E-state index is -0.0160. The average molecular weight is 265 g/mol. The number of benzene rings is 2. The Balaban J connectivity index is 1.75. The fraction of sp³-hybridized carbons (Fsp3) is 0.125. The Labute approximate surface area is 117 Å². The van der Waals surface area contributed by atoms with Crippen molar-refractivity contribution >= 4 is 22.5 Å². The van der Waals surface area contributed by atoms with Gasteiger partial charge in [-0.05, 0) is 23.8 Å². The van der Waals surface area contributed by atoms with Gasteiger partial charge in [-0.3, -0.25) is 9.48 Å². The maximum Gasteiger partial charge on any atom is 0.228 e. The summed E-state index contributed by atoms with van der Waals surface area (Å²) >= 11 is 0. The lowest BCUT2D eigenvalue weighted by Gasteiger charge is -2.06. The highest BCUT2D eigenvalue weighted by Gasteiger charge is 2.06. The zero-order valence-electron chi connectivity index (χ0n) is 11.2. The number of hydrogen-bond donors (Lipinski definition) is 1. The van der Waals surface area contributed by atoms with E-state index in [4.69, 9.17) is 0 Å². The molecular formula is C16H15N3O. The topological polar surface area (TPSA) is 46.9 Å². The molecule has 4 heteroatoms. The van der Waals surface area contributed by atoms with Crippen molar-refractivity contribution in [2.24, 2.45) is 7.05 Å². The molecule has 0 atom stereocenters. The van der Waals surface area contributed by atoms with Crippen molar-refractivity contribution in [2.45, 2.75) is 6.42 Å². The number of nitrogens with one attached hydrogen (secondary N) is 1. The lowest BCUT2D eigenvalue weighted by molar-refractivity contribution is -0.115. The van der Waals surface area contributed by atoms with E-state index in [1.807, 2.05) is 61.8 Å². The van der Waals surface area contributed by atoms with E-state index < -0.39 is 0 Å². The smallest absolute Gasteiger partial charge is 0.228 e. The summed E-state index contributed by atoms with van der Waals surface area (Å²) in [5.74, 6) is -0.0160. The van der Waals surface area contributed by atoms with Crippen LogP contribution in [0.3, 0.4) is 0 Å². The van der Waals surface area contributed by atoms with E-state index in [1.54, 1.807) is 4.68 Å². The second-order valence-electron chi connectivity index (χ2n) is 4.75. The van der Waals surface area contributed by atoms with Gasteiger partial charge >= 0.3 is 0 Å². The number of rotatable bonds is 3. The molecule has 20 heavy (non-hydrogen) atoms. The van der Waals surface area contributed by atoms with E-state index in [9.17, 15) is 4.79 Å². The monoisotopic (exact) mass is 265 g/mol. The maximum atomic E-state index is 12.0. The molecule has 3 aromatic rings. The molecule has 0 aliphatic carbocycles. The first-order valence-electron chi connectivity index (χ1n) is 6.48. The first-order chi connectivity index (χ1) is 9.72. The normalized spacial score (nSPS) is 10.7. The molecule has 0 aliphatic heterocycles. The van der Waals surface area contributed by atoms with Gasteiger partial charge < -0.3 is 5.32 Å². The highest BCUT2D eigenvalue weighted by Crippen LogP contribution is 2.18. The molecule has 0 saturated heterocycles. The van der Waals surface area contributed by atoms with Gasteiger partial charge in [0.2, 0.25) is 5.91 Å². The van der Waals surface area contributed by atoms with Crippen molar-refractivity contribution in [1.82, 2.24) is 9.78 Å². The van der Waals surface area contributed by atoms with Crippen LogP contribution in [0.25, 0.3) is 10.9 Å². The van der Waals surface area contributed by atoms with Gasteiger partial charge in [-0.25, -0.2) is 0 Å². The van der Waals surface area contributed by atoms with E-state index in [2.05, 4.69) is 10.4 Å². The molecule has 0 fully saturated rings. The van der Waals surface area contributed by atoms with Gasteiger partial charge in [-0.15, -0.1) is 0 Å². The first kappa shape index (κ1) is 12.4. The van der Waals surface area contributed by atoms with Crippen molar-refractivity contribution in [3.63, 3.8) is 0 Å². The van der Waals surface area contributed by atoms with Gasteiger partial charge in [0.15, 0.2) is 0 Å². The van der Waals surface area contributed by atoms with Crippen LogP contribution in [0.2, 0.25) is 0 Å². The number of amides is 1. The number of carbonyl (C=O) groups is 1. The predicted molar refractivity (Wildman–Crippen MR) is 79.5 cm³/mol. The lowest BCUT2D eigenvalue weighted by atomic mass is 10.1. The second kappa shape index (κ2) is 5.17. The van der Waals surface area contributed by atoms with Crippen LogP contribution in [0.15, 0.2) is 54.7 Å². The highest BCUT2D eigenvalue weighted by atomic mass is 16.1. The van der Waals surface area contributed by atoms with Crippen LogP contribution >= 0.6 is 0 Å². The number of aryl methyl sites for hydroxylation is 1. The third-order valence-corrected chi connectivity index (χ3v) is 3.24. The molecule has 0 aliphatic rings. The summed E-state index contributed by atoms with van der Waals surface area (Å²) in [5, 5.41) is 8.17. The summed E-state index contributed by atoms with van der Waals surface area (Å²) < 4.78 is 1.79. The third-order valence-electron chi connectivity index (χ3n) is 3.24. The second-order valence-corrected chi connectivity index (χ2v) is 4.75. The quantitative estimate of drug-likeness (QED) is 0.791. The van der Waals surface area contributed by atoms with Gasteiger partial charge in [-0.2, -0.15) is 5.10 Å². The lowest BCUT2D eigenvalue weighted by Crippen LogP contribution is -2.14. The van der Waals surface area contributed by atoms with Crippen molar-refractivity contribution < 1.29 is 4.79 Å². The van der Waals surface area contributed by atoms with Crippen LogP contribution in [-0.2, 0) is 18.3 Å². The number of fused-ring (bicyclic) bond motifs is 1. The van der Waals surface area contributed by atoms with E-state index in [1.165, 1.54) is 0 Å². The Hall–Kier alpha value is -2.62. The minimum absolute atomic E-state index is 0.0160. The molecular weight excluding hydrogens is 250 g/mol. The van der Waals surface area contributed by atoms with E-state index in [-0.39, 0.29) is 5.91 Å². The molecule has 0 unspecified atom stereocenters. The van der Waals surface area contributed by atoms with Crippen LogP contribution in [0.1, 0.15) is 5.56 Å². The molecule has 1 N–H and O–H groups in total. The molecule has 0 bridgehead atoms. The van der Waals surface area contributed by atoms with E-state index >= 15 is 0 Å². The van der Waals surface area contributed by atoms with E-state index in [0.717, 1.165) is 22.2 Å². The number of carbonyl (C=O) groups excluding carboxylic acids is 1. The first-order valence-corrected chi connectivity index (χ1v) is 6.48. The Morgan fingerprint density at radius 1 is 1.20 bits per heavy atom. The van der Waals surface area contributed by atoms with Gasteiger partial charge in [0, 0.05) is 18.1 Å². The van der Waals surface area contributed by atoms with Crippen LogP contribution in [0.4, 0.5) is 5.69 Å². The Bertz CT molecular complexity index is 747. The number of anilines is 1. The van der Waals surface area contributed by atoms with Crippen molar-refractivity contribution in [2.75, 3.05) is 5.32 Å². The average Bonchev–Trinajstić information content (AvgIpc) is 2.81. The summed E-state index contributed by atoms with van der Waals surface area (Å²) in [5.41, 5.74) is 2.80. The molecule has 1 heterocycles. The molecule has 0 saturated carbocycles. The summed E-state index contributed by atoms with van der Waals surface area (Å²) in [6.07, 6.45) is 2.19. The summed E-state index contributed by atoms with van der Waals surface area (Å²) in [4.78, 5) is 12.0. The summed E-state index contributed by atoms with van der Waals surface area (Å²) in [6.45, 7) is 0. The van der Waals surface area contributed by atoms with E-state index in [0.29, 0.717) is 6.42 Å². The Kier molecular flexibility index (Phi) is 3.21. The molecule has 2 aromatic carbocycles. The number of nitrogens with zero attached hydrogens (tertiary/aromatic N) is 2. The largest absolute Gasteiger partial charge is 0.326 e. The molecule has 0 radical (unpaired) electrons. The van der Waals surface area contributed by atoms with Gasteiger partial charge in [0.05, 0.1) is 18.1 Å². The minimum Gasteiger partial charge on any atom is -0.326 e. The molecule has 4 nitrogen and oxygen atoms in total. The fourth-order valence-electron chi connectivity index (χ4n) is 2.21.